The molecule has 0 spiro atoms. The minimum Gasteiger partial charge on any atom is -0.354 e. The Morgan fingerprint density at radius 3 is 2.35 bits per heavy atom. The molecule has 0 aliphatic rings. The highest BCUT2D eigenvalue weighted by Gasteiger charge is 2.35. The molecule has 1 N–H and O–H groups in total. The van der Waals surface area contributed by atoms with Gasteiger partial charge in [0.15, 0.2) is 0 Å². The number of aryl methyl sites for hydroxylation is 2. The molecule has 1 amide bonds. The van der Waals surface area contributed by atoms with E-state index in [1.165, 1.54) is 17.7 Å². The topological polar surface area (TPSA) is 66.5 Å². The van der Waals surface area contributed by atoms with Gasteiger partial charge in [0, 0.05) is 18.1 Å². The molecular weight excluding hydrogens is 545 g/mol. The number of halogens is 4. The highest BCUT2D eigenvalue weighted by atomic mass is 35.5. The van der Waals surface area contributed by atoms with E-state index in [0.717, 1.165) is 29.0 Å². The zero-order valence-electron chi connectivity index (χ0n) is 20.2. The van der Waals surface area contributed by atoms with Gasteiger partial charge in [0.25, 0.3) is 10.0 Å². The van der Waals surface area contributed by atoms with Crippen molar-refractivity contribution in [1.29, 1.82) is 0 Å². The zero-order valence-corrected chi connectivity index (χ0v) is 22.6. The molecule has 3 rings (SSSR count). The maximum absolute atomic E-state index is 13.5. The summed E-state index contributed by atoms with van der Waals surface area (Å²) in [5.41, 5.74) is 1.64. The first kappa shape index (κ1) is 28.9. The van der Waals surface area contributed by atoms with Crippen LogP contribution in [0.5, 0.6) is 0 Å². The second kappa shape index (κ2) is 12.2. The number of carbonyl (C=O) groups is 1. The molecule has 0 saturated carbocycles. The number of rotatable bonds is 10. The number of thioether (sulfide) groups is 1. The van der Waals surface area contributed by atoms with E-state index in [9.17, 15) is 26.4 Å². The van der Waals surface area contributed by atoms with Gasteiger partial charge >= 0.3 is 6.18 Å². The van der Waals surface area contributed by atoms with E-state index >= 15 is 0 Å². The number of anilines is 1. The zero-order chi connectivity index (χ0) is 27.2. The molecule has 198 valence electrons. The molecule has 5 nitrogen and oxygen atoms in total. The molecule has 11 heteroatoms. The number of nitrogens with one attached hydrogen (secondary N) is 1. The van der Waals surface area contributed by atoms with Crippen LogP contribution < -0.4 is 9.62 Å². The number of hydrogen-bond donors (Lipinski definition) is 1. The molecule has 0 aliphatic carbocycles. The molecular formula is C26H26ClF3N2O3S2. The Balaban J connectivity index is 1.77. The highest BCUT2D eigenvalue weighted by Crippen LogP contribution is 2.38. The van der Waals surface area contributed by atoms with Crippen LogP contribution in [-0.4, -0.2) is 33.2 Å². The Morgan fingerprint density at radius 2 is 1.70 bits per heavy atom. The Labute approximate surface area is 224 Å². The van der Waals surface area contributed by atoms with Crippen molar-refractivity contribution >= 4 is 45.0 Å². The standard InChI is InChI=1S/C26H26ClF3N2O3S2/c1-18-7-10-22(11-8-18)37(34,35)32(21-9-12-24(27)23(15-21)26(28,29)30)16-25(33)31-13-14-36-17-20-6-4-3-5-19(20)2/h3-12,15H,13-14,16-17H2,1-2H3,(H,31,33). The largest absolute Gasteiger partial charge is 0.417 e. The Bertz CT molecular complexity index is 1350. The van der Waals surface area contributed by atoms with Crippen LogP contribution in [0.25, 0.3) is 0 Å². The number of alkyl halides is 3. The van der Waals surface area contributed by atoms with Crippen molar-refractivity contribution in [2.24, 2.45) is 0 Å². The van der Waals surface area contributed by atoms with E-state index in [1.54, 1.807) is 30.8 Å². The third kappa shape index (κ3) is 7.66. The van der Waals surface area contributed by atoms with Crippen LogP contribution in [0.3, 0.4) is 0 Å². The van der Waals surface area contributed by atoms with Gasteiger partial charge in [0.2, 0.25) is 5.91 Å². The molecule has 0 aromatic heterocycles. The molecule has 0 unspecified atom stereocenters. The lowest BCUT2D eigenvalue weighted by Crippen LogP contribution is -2.41. The summed E-state index contributed by atoms with van der Waals surface area (Å²) in [6, 6.07) is 16.5. The van der Waals surface area contributed by atoms with Crippen LogP contribution >= 0.6 is 23.4 Å². The first-order valence-electron chi connectivity index (χ1n) is 11.2. The lowest BCUT2D eigenvalue weighted by atomic mass is 10.1. The second-order valence-electron chi connectivity index (χ2n) is 8.32. The maximum atomic E-state index is 13.5. The number of sulfonamides is 1. The van der Waals surface area contributed by atoms with E-state index in [1.807, 2.05) is 31.2 Å². The number of carbonyl (C=O) groups excluding carboxylic acids is 1. The van der Waals surface area contributed by atoms with E-state index < -0.39 is 39.2 Å². The smallest absolute Gasteiger partial charge is 0.354 e. The van der Waals surface area contributed by atoms with Crippen LogP contribution in [0, 0.1) is 13.8 Å². The van der Waals surface area contributed by atoms with Crippen molar-refractivity contribution in [1.82, 2.24) is 5.32 Å². The summed E-state index contributed by atoms with van der Waals surface area (Å²) in [5, 5.41) is 2.09. The first-order chi connectivity index (χ1) is 17.4. The highest BCUT2D eigenvalue weighted by molar-refractivity contribution is 7.98. The molecule has 0 saturated heterocycles. The van der Waals surface area contributed by atoms with E-state index in [0.29, 0.717) is 16.1 Å². The average Bonchev–Trinajstić information content (AvgIpc) is 2.83. The van der Waals surface area contributed by atoms with Crippen LogP contribution in [0.1, 0.15) is 22.3 Å². The van der Waals surface area contributed by atoms with Crippen molar-refractivity contribution in [2.45, 2.75) is 30.7 Å². The molecule has 0 fully saturated rings. The minimum atomic E-state index is -4.80. The quantitative estimate of drug-likeness (QED) is 0.294. The molecule has 0 heterocycles. The minimum absolute atomic E-state index is 0.150. The van der Waals surface area contributed by atoms with Gasteiger partial charge in [0.05, 0.1) is 21.2 Å². The van der Waals surface area contributed by atoms with Gasteiger partial charge in [-0.2, -0.15) is 24.9 Å². The molecule has 0 bridgehead atoms. The van der Waals surface area contributed by atoms with E-state index in [2.05, 4.69) is 5.32 Å². The molecule has 37 heavy (non-hydrogen) atoms. The third-order valence-electron chi connectivity index (χ3n) is 5.53. The summed E-state index contributed by atoms with van der Waals surface area (Å²) in [7, 11) is -4.36. The molecule has 0 radical (unpaired) electrons. The van der Waals surface area contributed by atoms with E-state index in [4.69, 9.17) is 11.6 Å². The fourth-order valence-corrected chi connectivity index (χ4v) is 6.01. The summed E-state index contributed by atoms with van der Waals surface area (Å²) in [5.74, 6) is 0.682. The second-order valence-corrected chi connectivity index (χ2v) is 11.7. The van der Waals surface area contributed by atoms with Crippen molar-refractivity contribution in [3.8, 4) is 0 Å². The van der Waals surface area contributed by atoms with Gasteiger partial charge in [-0.3, -0.25) is 9.10 Å². The molecule has 0 aliphatic heterocycles. The van der Waals surface area contributed by atoms with E-state index in [-0.39, 0.29) is 17.1 Å². The lowest BCUT2D eigenvalue weighted by molar-refractivity contribution is -0.137. The van der Waals surface area contributed by atoms with Crippen LogP contribution in [-0.2, 0) is 26.7 Å². The van der Waals surface area contributed by atoms with Crippen LogP contribution in [0.4, 0.5) is 18.9 Å². The Hall–Kier alpha value is -2.69. The summed E-state index contributed by atoms with van der Waals surface area (Å²) >= 11 is 7.32. The number of nitrogens with zero attached hydrogens (tertiary/aromatic N) is 1. The summed E-state index contributed by atoms with van der Waals surface area (Å²) in [6.45, 7) is 3.36. The van der Waals surface area contributed by atoms with Gasteiger partial charge in [-0.05, 0) is 55.3 Å². The normalized spacial score (nSPS) is 11.8. The molecule has 3 aromatic rings. The summed E-state index contributed by atoms with van der Waals surface area (Å²) < 4.78 is 67.9. The number of benzene rings is 3. The monoisotopic (exact) mass is 570 g/mol. The maximum Gasteiger partial charge on any atom is 0.417 e. The third-order valence-corrected chi connectivity index (χ3v) is 8.65. The average molecular weight is 571 g/mol. The van der Waals surface area contributed by atoms with Gasteiger partial charge in [-0.25, -0.2) is 8.42 Å². The summed E-state index contributed by atoms with van der Waals surface area (Å²) in [4.78, 5) is 12.6. The van der Waals surface area contributed by atoms with Crippen molar-refractivity contribution < 1.29 is 26.4 Å². The summed E-state index contributed by atoms with van der Waals surface area (Å²) in [6.07, 6.45) is -4.80. The molecule has 3 aromatic carbocycles. The number of amides is 1. The number of hydrogen-bond acceptors (Lipinski definition) is 4. The van der Waals surface area contributed by atoms with Crippen molar-refractivity contribution in [3.05, 3.63) is 94.0 Å². The van der Waals surface area contributed by atoms with Gasteiger partial charge in [0.1, 0.15) is 6.54 Å². The fraction of sp³-hybridized carbons (Fsp3) is 0.269. The fourth-order valence-electron chi connectivity index (χ4n) is 3.44. The van der Waals surface area contributed by atoms with Crippen molar-refractivity contribution in [3.63, 3.8) is 0 Å². The molecule has 0 atom stereocenters. The predicted octanol–water partition coefficient (Wildman–Crippen LogP) is 6.22. The Morgan fingerprint density at radius 1 is 1.03 bits per heavy atom. The van der Waals surface area contributed by atoms with Gasteiger partial charge < -0.3 is 5.32 Å². The van der Waals surface area contributed by atoms with Gasteiger partial charge in [-0.15, -0.1) is 0 Å². The van der Waals surface area contributed by atoms with Crippen LogP contribution in [0.15, 0.2) is 71.6 Å². The SMILES string of the molecule is Cc1ccc(S(=O)(=O)N(CC(=O)NCCSCc2ccccc2C)c2ccc(Cl)c(C(F)(F)F)c2)cc1. The first-order valence-corrected chi connectivity index (χ1v) is 14.2. The lowest BCUT2D eigenvalue weighted by Gasteiger charge is -2.25. The van der Waals surface area contributed by atoms with Gasteiger partial charge in [-0.1, -0.05) is 53.6 Å². The van der Waals surface area contributed by atoms with Crippen LogP contribution in [0.2, 0.25) is 5.02 Å². The predicted molar refractivity (Wildman–Crippen MR) is 143 cm³/mol. The van der Waals surface area contributed by atoms with Crippen molar-refractivity contribution in [2.75, 3.05) is 23.1 Å². The Kier molecular flexibility index (Phi) is 9.55.